The number of nitrogens with two attached hydrogens (primary N) is 1. The normalized spacial score (nSPS) is 17.8. The number of primary amides is 1. The van der Waals surface area contributed by atoms with E-state index in [2.05, 4.69) is 49.0 Å². The standard InChI is InChI=1S/C18H17BrN4OS/c19-13-5-3-11(4-6-13)15-8-14-16(25-15)18(22-10-21-14)23-7-1-2-12(9-23)17(20)24/h3-6,8,10,12H,1-2,7,9H2,(H2,20,24). The molecular formula is C18H17BrN4OS. The maximum atomic E-state index is 11.6. The Balaban J connectivity index is 1.72. The minimum absolute atomic E-state index is 0.107. The first kappa shape index (κ1) is 16.5. The van der Waals surface area contributed by atoms with E-state index in [0.29, 0.717) is 6.54 Å². The van der Waals surface area contributed by atoms with Gasteiger partial charge in [-0.2, -0.15) is 0 Å². The Labute approximate surface area is 158 Å². The van der Waals surface area contributed by atoms with Gasteiger partial charge in [0.25, 0.3) is 0 Å². The average Bonchev–Trinajstić information content (AvgIpc) is 3.06. The molecule has 1 aliphatic rings. The zero-order valence-electron chi connectivity index (χ0n) is 13.5. The summed E-state index contributed by atoms with van der Waals surface area (Å²) in [6, 6.07) is 10.4. The molecule has 7 heteroatoms. The minimum Gasteiger partial charge on any atom is -0.369 e. The highest BCUT2D eigenvalue weighted by Gasteiger charge is 2.26. The van der Waals surface area contributed by atoms with Gasteiger partial charge in [-0.1, -0.05) is 28.1 Å². The van der Waals surface area contributed by atoms with E-state index in [0.717, 1.165) is 50.3 Å². The number of thiophene rings is 1. The SMILES string of the molecule is NC(=O)C1CCCN(c2ncnc3cc(-c4ccc(Br)cc4)sc23)C1. The van der Waals surface area contributed by atoms with Crippen molar-refractivity contribution in [2.24, 2.45) is 11.7 Å². The maximum Gasteiger partial charge on any atom is 0.222 e. The van der Waals surface area contributed by atoms with Gasteiger partial charge in [-0.15, -0.1) is 11.3 Å². The molecule has 0 radical (unpaired) electrons. The van der Waals surface area contributed by atoms with Gasteiger partial charge in [-0.05, 0) is 36.6 Å². The number of hydrogen-bond acceptors (Lipinski definition) is 5. The highest BCUT2D eigenvalue weighted by molar-refractivity contribution is 9.10. The van der Waals surface area contributed by atoms with Crippen molar-refractivity contribution in [1.82, 2.24) is 9.97 Å². The molecule has 3 heterocycles. The first-order valence-corrected chi connectivity index (χ1v) is 9.77. The summed E-state index contributed by atoms with van der Waals surface area (Å²) in [5, 5.41) is 0. The van der Waals surface area contributed by atoms with Crippen molar-refractivity contribution in [1.29, 1.82) is 0 Å². The van der Waals surface area contributed by atoms with Crippen molar-refractivity contribution in [2.45, 2.75) is 12.8 Å². The van der Waals surface area contributed by atoms with E-state index in [4.69, 9.17) is 5.73 Å². The van der Waals surface area contributed by atoms with Crippen molar-refractivity contribution in [3.8, 4) is 10.4 Å². The smallest absolute Gasteiger partial charge is 0.222 e. The molecule has 1 atom stereocenters. The number of anilines is 1. The van der Waals surface area contributed by atoms with E-state index in [9.17, 15) is 4.79 Å². The third kappa shape index (κ3) is 3.26. The second kappa shape index (κ2) is 6.72. The Kier molecular flexibility index (Phi) is 4.43. The predicted octanol–water partition coefficient (Wildman–Crippen LogP) is 3.82. The molecule has 0 bridgehead atoms. The molecule has 2 N–H and O–H groups in total. The molecule has 1 fully saturated rings. The number of fused-ring (bicyclic) bond motifs is 1. The van der Waals surface area contributed by atoms with Gasteiger partial charge in [0.1, 0.15) is 12.1 Å². The first-order valence-electron chi connectivity index (χ1n) is 8.16. The summed E-state index contributed by atoms with van der Waals surface area (Å²) < 4.78 is 2.12. The van der Waals surface area contributed by atoms with E-state index in [1.807, 2.05) is 12.1 Å². The van der Waals surface area contributed by atoms with Crippen molar-refractivity contribution in [3.05, 3.63) is 41.1 Å². The van der Waals surface area contributed by atoms with Crippen molar-refractivity contribution in [3.63, 3.8) is 0 Å². The van der Waals surface area contributed by atoms with Gasteiger partial charge in [0.05, 0.1) is 16.1 Å². The van der Waals surface area contributed by atoms with Crippen LogP contribution in [0.25, 0.3) is 20.7 Å². The summed E-state index contributed by atoms with van der Waals surface area (Å²) in [6.45, 7) is 1.52. The summed E-state index contributed by atoms with van der Waals surface area (Å²) in [6.07, 6.45) is 3.41. The van der Waals surface area contributed by atoms with Gasteiger partial charge in [-0.3, -0.25) is 4.79 Å². The topological polar surface area (TPSA) is 72.1 Å². The van der Waals surface area contributed by atoms with Crippen LogP contribution in [0.2, 0.25) is 0 Å². The Bertz CT molecular complexity index is 924. The van der Waals surface area contributed by atoms with Crippen LogP contribution < -0.4 is 10.6 Å². The van der Waals surface area contributed by atoms with E-state index >= 15 is 0 Å². The fraction of sp³-hybridized carbons (Fsp3) is 0.278. The number of carbonyl (C=O) groups excluding carboxylic acids is 1. The van der Waals surface area contributed by atoms with Gasteiger partial charge in [-0.25, -0.2) is 9.97 Å². The van der Waals surface area contributed by atoms with E-state index in [-0.39, 0.29) is 11.8 Å². The number of nitrogens with zero attached hydrogens (tertiary/aromatic N) is 3. The van der Waals surface area contributed by atoms with E-state index in [1.54, 1.807) is 17.7 Å². The molecule has 3 aromatic rings. The first-order chi connectivity index (χ1) is 12.1. The quantitative estimate of drug-likeness (QED) is 0.703. The predicted molar refractivity (Wildman–Crippen MR) is 105 cm³/mol. The van der Waals surface area contributed by atoms with Crippen molar-refractivity contribution >= 4 is 49.2 Å². The van der Waals surface area contributed by atoms with E-state index < -0.39 is 0 Å². The van der Waals surface area contributed by atoms with Crippen LogP contribution in [0.1, 0.15) is 12.8 Å². The highest BCUT2D eigenvalue weighted by Crippen LogP contribution is 2.38. The number of amides is 1. The molecule has 2 aromatic heterocycles. The number of carbonyl (C=O) groups is 1. The zero-order valence-corrected chi connectivity index (χ0v) is 15.9. The third-order valence-corrected chi connectivity index (χ3v) is 6.24. The average molecular weight is 417 g/mol. The van der Waals surface area contributed by atoms with Crippen LogP contribution in [0, 0.1) is 5.92 Å². The van der Waals surface area contributed by atoms with E-state index in [1.165, 1.54) is 0 Å². The number of rotatable bonds is 3. The molecule has 1 saturated heterocycles. The van der Waals surface area contributed by atoms with Crippen molar-refractivity contribution < 1.29 is 4.79 Å². The molecule has 0 spiro atoms. The number of benzene rings is 1. The fourth-order valence-electron chi connectivity index (χ4n) is 3.23. The van der Waals surface area contributed by atoms with Crippen LogP contribution in [0.5, 0.6) is 0 Å². The molecule has 1 unspecified atom stereocenters. The van der Waals surface area contributed by atoms with Crippen LogP contribution in [-0.2, 0) is 4.79 Å². The fourth-order valence-corrected chi connectivity index (χ4v) is 4.62. The number of halogens is 1. The van der Waals surface area contributed by atoms with Crippen molar-refractivity contribution in [2.75, 3.05) is 18.0 Å². The lowest BCUT2D eigenvalue weighted by Gasteiger charge is -2.32. The number of aromatic nitrogens is 2. The van der Waals surface area contributed by atoms with Crippen LogP contribution in [0.15, 0.2) is 41.1 Å². The lowest BCUT2D eigenvalue weighted by atomic mass is 9.97. The second-order valence-corrected chi connectivity index (χ2v) is 8.18. The van der Waals surface area contributed by atoms with Crippen LogP contribution >= 0.6 is 27.3 Å². The Morgan fingerprint density at radius 3 is 2.84 bits per heavy atom. The molecule has 1 aromatic carbocycles. The minimum atomic E-state index is -0.225. The molecule has 1 aliphatic heterocycles. The Hall–Kier alpha value is -1.99. The summed E-state index contributed by atoms with van der Waals surface area (Å²) in [7, 11) is 0. The number of hydrogen-bond donors (Lipinski definition) is 1. The van der Waals surface area contributed by atoms with Gasteiger partial charge in [0.15, 0.2) is 0 Å². The maximum absolute atomic E-state index is 11.6. The summed E-state index contributed by atoms with van der Waals surface area (Å²) in [5.74, 6) is 0.575. The lowest BCUT2D eigenvalue weighted by Crippen LogP contribution is -2.41. The molecule has 1 amide bonds. The van der Waals surface area contributed by atoms with Crippen LogP contribution in [0.4, 0.5) is 5.82 Å². The molecular weight excluding hydrogens is 400 g/mol. The highest BCUT2D eigenvalue weighted by atomic mass is 79.9. The summed E-state index contributed by atoms with van der Waals surface area (Å²) in [5.41, 5.74) is 7.61. The Morgan fingerprint density at radius 1 is 1.28 bits per heavy atom. The summed E-state index contributed by atoms with van der Waals surface area (Å²) in [4.78, 5) is 23.8. The van der Waals surface area contributed by atoms with Gasteiger partial charge >= 0.3 is 0 Å². The zero-order chi connectivity index (χ0) is 17.4. The molecule has 25 heavy (non-hydrogen) atoms. The number of piperidine rings is 1. The summed E-state index contributed by atoms with van der Waals surface area (Å²) >= 11 is 5.16. The van der Waals surface area contributed by atoms with Gasteiger partial charge in [0, 0.05) is 22.4 Å². The largest absolute Gasteiger partial charge is 0.369 e. The van der Waals surface area contributed by atoms with Crippen LogP contribution in [-0.4, -0.2) is 29.0 Å². The molecule has 0 saturated carbocycles. The third-order valence-electron chi connectivity index (χ3n) is 4.54. The monoisotopic (exact) mass is 416 g/mol. The molecule has 0 aliphatic carbocycles. The Morgan fingerprint density at radius 2 is 2.08 bits per heavy atom. The van der Waals surface area contributed by atoms with Gasteiger partial charge < -0.3 is 10.6 Å². The van der Waals surface area contributed by atoms with Crippen LogP contribution in [0.3, 0.4) is 0 Å². The lowest BCUT2D eigenvalue weighted by molar-refractivity contribution is -0.122. The molecule has 128 valence electrons. The second-order valence-electron chi connectivity index (χ2n) is 6.22. The molecule has 5 nitrogen and oxygen atoms in total. The molecule has 4 rings (SSSR count). The van der Waals surface area contributed by atoms with Gasteiger partial charge in [0.2, 0.25) is 5.91 Å².